The van der Waals surface area contributed by atoms with Gasteiger partial charge < -0.3 is 23.7 Å². The largest absolute Gasteiger partial charge is 0.510 e. The predicted molar refractivity (Wildman–Crippen MR) is 98.9 cm³/mol. The standard InChI is InChI=1S/C17H28NO11P/c1-11(2)27-16(19)22-9-25-30(21,26-10-23-17(20)28-12(3)4)24-8-14-6-13(5)15(7-18)29-14/h11-15H,6,8-10H2,1-5H3. The molecule has 1 fully saturated rings. The summed E-state index contributed by atoms with van der Waals surface area (Å²) < 4.78 is 52.0. The third kappa shape index (κ3) is 10.2. The Kier molecular flexibility index (Phi) is 11.1. The minimum Gasteiger partial charge on any atom is -0.432 e. The maximum Gasteiger partial charge on any atom is 0.510 e. The monoisotopic (exact) mass is 453 g/mol. The van der Waals surface area contributed by atoms with Gasteiger partial charge in [-0.2, -0.15) is 5.26 Å². The SMILES string of the molecule is CC(C)OC(=O)OCOP(=O)(OCOC(=O)OC(C)C)OCC1CC(C)C(C#N)O1. The van der Waals surface area contributed by atoms with Gasteiger partial charge >= 0.3 is 20.1 Å². The van der Waals surface area contributed by atoms with Crippen LogP contribution in [-0.2, 0) is 41.8 Å². The lowest BCUT2D eigenvalue weighted by Gasteiger charge is -2.19. The van der Waals surface area contributed by atoms with Crippen LogP contribution >= 0.6 is 7.82 Å². The molecular weight excluding hydrogens is 425 g/mol. The molecule has 0 bridgehead atoms. The molecule has 0 aliphatic carbocycles. The van der Waals surface area contributed by atoms with Gasteiger partial charge in [-0.1, -0.05) is 6.92 Å². The maximum absolute atomic E-state index is 12.8. The molecule has 0 N–H and O–H groups in total. The molecule has 1 saturated heterocycles. The fraction of sp³-hybridized carbons (Fsp3) is 0.824. The summed E-state index contributed by atoms with van der Waals surface area (Å²) in [5, 5.41) is 9.00. The van der Waals surface area contributed by atoms with Crippen molar-refractivity contribution in [3.63, 3.8) is 0 Å². The lowest BCUT2D eigenvalue weighted by Crippen LogP contribution is -2.19. The van der Waals surface area contributed by atoms with E-state index in [9.17, 15) is 14.2 Å². The molecule has 13 heteroatoms. The molecule has 1 aliphatic rings. The van der Waals surface area contributed by atoms with E-state index >= 15 is 0 Å². The van der Waals surface area contributed by atoms with E-state index in [0.29, 0.717) is 6.42 Å². The van der Waals surface area contributed by atoms with E-state index in [1.807, 2.05) is 13.0 Å². The van der Waals surface area contributed by atoms with Crippen molar-refractivity contribution in [2.45, 2.75) is 65.5 Å². The third-order valence-corrected chi connectivity index (χ3v) is 4.78. The third-order valence-electron chi connectivity index (χ3n) is 3.48. The molecule has 0 saturated carbocycles. The van der Waals surface area contributed by atoms with E-state index in [0.717, 1.165) is 0 Å². The lowest BCUT2D eigenvalue weighted by atomic mass is 10.0. The summed E-state index contributed by atoms with van der Waals surface area (Å²) in [7, 11) is -4.33. The summed E-state index contributed by atoms with van der Waals surface area (Å²) in [6.07, 6.45) is -3.58. The van der Waals surface area contributed by atoms with Gasteiger partial charge in [-0.3, -0.25) is 4.52 Å². The van der Waals surface area contributed by atoms with Gasteiger partial charge in [0.1, 0.15) is 6.10 Å². The second-order valence-electron chi connectivity index (χ2n) is 6.88. The summed E-state index contributed by atoms with van der Waals surface area (Å²) in [6.45, 7) is 6.46. The summed E-state index contributed by atoms with van der Waals surface area (Å²) in [6, 6.07) is 2.01. The minimum absolute atomic E-state index is 0.0342. The Balaban J connectivity index is 2.58. The zero-order chi connectivity index (χ0) is 22.7. The summed E-state index contributed by atoms with van der Waals surface area (Å²) >= 11 is 0. The molecular formula is C17H28NO11P. The average molecular weight is 453 g/mol. The molecule has 12 nitrogen and oxygen atoms in total. The first-order valence-electron chi connectivity index (χ1n) is 9.30. The van der Waals surface area contributed by atoms with E-state index in [2.05, 4.69) is 9.47 Å². The van der Waals surface area contributed by atoms with Crippen molar-refractivity contribution in [3.05, 3.63) is 0 Å². The van der Waals surface area contributed by atoms with Crippen molar-refractivity contribution in [1.82, 2.24) is 0 Å². The van der Waals surface area contributed by atoms with Crippen LogP contribution in [0.4, 0.5) is 9.59 Å². The molecule has 3 atom stereocenters. The highest BCUT2D eigenvalue weighted by atomic mass is 31.2. The molecule has 1 rings (SSSR count). The fourth-order valence-corrected chi connectivity index (χ4v) is 3.15. The zero-order valence-electron chi connectivity index (χ0n) is 17.6. The number of phosphoric ester groups is 1. The van der Waals surface area contributed by atoms with Gasteiger partial charge in [-0.25, -0.2) is 23.2 Å². The van der Waals surface area contributed by atoms with Gasteiger partial charge in [0.15, 0.2) is 0 Å². The highest BCUT2D eigenvalue weighted by molar-refractivity contribution is 7.48. The van der Waals surface area contributed by atoms with E-state index in [-0.39, 0.29) is 12.5 Å². The first-order chi connectivity index (χ1) is 14.0. The van der Waals surface area contributed by atoms with E-state index in [1.165, 1.54) is 0 Å². The number of carbonyl (C=O) groups is 2. The Morgan fingerprint density at radius 3 is 1.93 bits per heavy atom. The number of hydrogen-bond acceptors (Lipinski definition) is 12. The van der Waals surface area contributed by atoms with Crippen LogP contribution in [0.5, 0.6) is 0 Å². The van der Waals surface area contributed by atoms with Gasteiger partial charge in [0.2, 0.25) is 13.6 Å². The molecule has 0 amide bonds. The van der Waals surface area contributed by atoms with Crippen molar-refractivity contribution in [2.24, 2.45) is 5.92 Å². The summed E-state index contributed by atoms with van der Waals surface area (Å²) in [5.41, 5.74) is 0. The fourth-order valence-electron chi connectivity index (χ4n) is 2.22. The number of phosphoric acid groups is 1. The second-order valence-corrected chi connectivity index (χ2v) is 8.55. The number of hydrogen-bond donors (Lipinski definition) is 0. The number of nitrogens with zero attached hydrogens (tertiary/aromatic N) is 1. The van der Waals surface area contributed by atoms with E-state index in [4.69, 9.17) is 33.0 Å². The molecule has 1 heterocycles. The molecule has 0 radical (unpaired) electrons. The van der Waals surface area contributed by atoms with Gasteiger partial charge in [0.05, 0.1) is 31.0 Å². The maximum atomic E-state index is 12.8. The van der Waals surface area contributed by atoms with Crippen molar-refractivity contribution >= 4 is 20.1 Å². The minimum atomic E-state index is -4.33. The Morgan fingerprint density at radius 2 is 1.53 bits per heavy atom. The second kappa shape index (κ2) is 12.7. The van der Waals surface area contributed by atoms with Crippen LogP contribution in [0.1, 0.15) is 41.0 Å². The summed E-state index contributed by atoms with van der Waals surface area (Å²) in [4.78, 5) is 22.8. The number of carbonyl (C=O) groups excluding carboxylic acids is 2. The van der Waals surface area contributed by atoms with Gasteiger partial charge in [0, 0.05) is 0 Å². The van der Waals surface area contributed by atoms with Gasteiger partial charge in [-0.15, -0.1) is 0 Å². The number of ether oxygens (including phenoxy) is 5. The Labute approximate surface area is 175 Å². The molecule has 0 aromatic rings. The van der Waals surface area contributed by atoms with Gasteiger partial charge in [-0.05, 0) is 40.0 Å². The van der Waals surface area contributed by atoms with Crippen molar-refractivity contribution < 1.29 is 51.4 Å². The first-order valence-corrected chi connectivity index (χ1v) is 10.8. The quantitative estimate of drug-likeness (QED) is 0.256. The molecule has 0 aromatic carbocycles. The number of rotatable bonds is 11. The van der Waals surface area contributed by atoms with Crippen molar-refractivity contribution in [1.29, 1.82) is 5.26 Å². The van der Waals surface area contributed by atoms with Crippen molar-refractivity contribution in [3.8, 4) is 6.07 Å². The van der Waals surface area contributed by atoms with Gasteiger partial charge in [0.25, 0.3) is 0 Å². The van der Waals surface area contributed by atoms with Crippen LogP contribution in [0.2, 0.25) is 0 Å². The van der Waals surface area contributed by atoms with E-state index < -0.39 is 58.1 Å². The highest BCUT2D eigenvalue weighted by Crippen LogP contribution is 2.50. The molecule has 172 valence electrons. The predicted octanol–water partition coefficient (Wildman–Crippen LogP) is 3.50. The molecule has 1 aliphatic heterocycles. The Hall–Kier alpha value is -1.90. The smallest absolute Gasteiger partial charge is 0.432 e. The topological polar surface area (TPSA) is 149 Å². The van der Waals surface area contributed by atoms with Crippen LogP contribution < -0.4 is 0 Å². The normalized spacial score (nSPS) is 21.3. The van der Waals surface area contributed by atoms with E-state index in [1.54, 1.807) is 27.7 Å². The Bertz CT molecular complexity index is 616. The highest BCUT2D eigenvalue weighted by Gasteiger charge is 2.36. The van der Waals surface area contributed by atoms with Crippen LogP contribution in [0.15, 0.2) is 0 Å². The van der Waals surface area contributed by atoms with Crippen LogP contribution in [0, 0.1) is 17.2 Å². The Morgan fingerprint density at radius 1 is 1.03 bits per heavy atom. The van der Waals surface area contributed by atoms with Crippen LogP contribution in [0.25, 0.3) is 0 Å². The first kappa shape index (κ1) is 26.1. The van der Waals surface area contributed by atoms with Crippen LogP contribution in [0.3, 0.4) is 0 Å². The molecule has 0 spiro atoms. The molecule has 0 aromatic heterocycles. The lowest BCUT2D eigenvalue weighted by molar-refractivity contribution is -0.0517. The summed E-state index contributed by atoms with van der Waals surface area (Å²) in [5.74, 6) is -0.0342. The molecule has 3 unspecified atom stereocenters. The van der Waals surface area contributed by atoms with Crippen molar-refractivity contribution in [2.75, 3.05) is 20.2 Å². The number of nitriles is 1. The van der Waals surface area contributed by atoms with Crippen LogP contribution in [-0.4, -0.2) is 56.9 Å². The zero-order valence-corrected chi connectivity index (χ0v) is 18.5. The average Bonchev–Trinajstić information content (AvgIpc) is 2.99. The molecule has 30 heavy (non-hydrogen) atoms.